The van der Waals surface area contributed by atoms with Gasteiger partial charge in [0.15, 0.2) is 0 Å². The molecule has 1 fully saturated rings. The van der Waals surface area contributed by atoms with Crippen molar-refractivity contribution in [3.05, 3.63) is 71.6 Å². The van der Waals surface area contributed by atoms with Crippen LogP contribution in [0.2, 0.25) is 0 Å². The van der Waals surface area contributed by atoms with Crippen LogP contribution in [0.1, 0.15) is 42.3 Å². The molecule has 4 rings (SSSR count). The molecule has 5 heteroatoms. The summed E-state index contributed by atoms with van der Waals surface area (Å²) in [4.78, 5) is 21.4. The van der Waals surface area contributed by atoms with E-state index < -0.39 is 5.97 Å². The van der Waals surface area contributed by atoms with Crippen molar-refractivity contribution in [2.75, 3.05) is 6.54 Å². The summed E-state index contributed by atoms with van der Waals surface area (Å²) in [6.07, 6.45) is 6.31. The van der Waals surface area contributed by atoms with Gasteiger partial charge in [0.25, 0.3) is 0 Å². The number of nitrogens with one attached hydrogen (secondary N) is 1. The van der Waals surface area contributed by atoms with Crippen LogP contribution >= 0.6 is 0 Å². The Kier molecular flexibility index (Phi) is 5.03. The summed E-state index contributed by atoms with van der Waals surface area (Å²) in [5, 5.41) is 8.73. The van der Waals surface area contributed by atoms with Crippen LogP contribution in [-0.2, 0) is 11.3 Å². The lowest BCUT2D eigenvalue weighted by Crippen LogP contribution is -2.33. The molecule has 1 unspecified atom stereocenters. The van der Waals surface area contributed by atoms with Crippen LogP contribution in [0.5, 0.6) is 0 Å². The van der Waals surface area contributed by atoms with Gasteiger partial charge in [0, 0.05) is 12.6 Å². The lowest BCUT2D eigenvalue weighted by Gasteiger charge is -2.34. The van der Waals surface area contributed by atoms with Crippen molar-refractivity contribution >= 4 is 23.1 Å². The van der Waals surface area contributed by atoms with E-state index in [1.165, 1.54) is 18.4 Å². The number of carbonyl (C=O) groups is 1. The molecule has 1 atom stereocenters. The smallest absolute Gasteiger partial charge is 0.328 e. The first-order valence-corrected chi connectivity index (χ1v) is 9.38. The molecular formula is C22H23N3O2. The summed E-state index contributed by atoms with van der Waals surface area (Å²) in [5.41, 5.74) is 4.24. The molecule has 2 N–H and O–H groups in total. The van der Waals surface area contributed by atoms with Gasteiger partial charge in [0.2, 0.25) is 0 Å². The van der Waals surface area contributed by atoms with Crippen molar-refractivity contribution in [2.45, 2.75) is 31.8 Å². The summed E-state index contributed by atoms with van der Waals surface area (Å²) in [5.74, 6) is 0.123. The standard InChI is InChI=1S/C22H23N3O2/c26-21(27)13-12-16-8-10-17(11-9-16)15-25-14-4-3-7-20(25)22-23-18-5-1-2-6-19(18)24-22/h1-2,5-6,8-13,20H,3-4,7,14-15H2,(H,23,24)(H,26,27)/b13-12+. The van der Waals surface area contributed by atoms with Gasteiger partial charge in [-0.15, -0.1) is 0 Å². The summed E-state index contributed by atoms with van der Waals surface area (Å²) >= 11 is 0. The van der Waals surface area contributed by atoms with Gasteiger partial charge < -0.3 is 10.1 Å². The minimum absolute atomic E-state index is 0.303. The van der Waals surface area contributed by atoms with Gasteiger partial charge in [0.1, 0.15) is 5.82 Å². The number of aromatic amines is 1. The van der Waals surface area contributed by atoms with E-state index in [2.05, 4.69) is 28.1 Å². The molecule has 2 aromatic carbocycles. The van der Waals surface area contributed by atoms with E-state index in [-0.39, 0.29) is 0 Å². The first kappa shape index (κ1) is 17.5. The largest absolute Gasteiger partial charge is 0.478 e. The number of piperidine rings is 1. The highest BCUT2D eigenvalue weighted by molar-refractivity contribution is 5.85. The zero-order chi connectivity index (χ0) is 18.6. The van der Waals surface area contributed by atoms with Gasteiger partial charge in [0.05, 0.1) is 17.1 Å². The number of aliphatic carboxylic acids is 1. The maximum absolute atomic E-state index is 10.6. The minimum Gasteiger partial charge on any atom is -0.478 e. The normalized spacial score (nSPS) is 18.3. The molecule has 1 aliphatic heterocycles. The fraction of sp³-hybridized carbons (Fsp3) is 0.273. The first-order chi connectivity index (χ1) is 13.2. The molecule has 1 aliphatic rings. The summed E-state index contributed by atoms with van der Waals surface area (Å²) < 4.78 is 0. The number of para-hydroxylation sites is 2. The second-order valence-corrected chi connectivity index (χ2v) is 7.03. The minimum atomic E-state index is -0.930. The number of hydrogen-bond donors (Lipinski definition) is 2. The van der Waals surface area contributed by atoms with E-state index in [4.69, 9.17) is 10.1 Å². The molecule has 0 amide bonds. The molecule has 1 aromatic heterocycles. The van der Waals surface area contributed by atoms with Crippen LogP contribution in [-0.4, -0.2) is 32.5 Å². The quantitative estimate of drug-likeness (QED) is 0.662. The van der Waals surface area contributed by atoms with Crippen LogP contribution in [0.3, 0.4) is 0 Å². The number of carboxylic acids is 1. The molecule has 27 heavy (non-hydrogen) atoms. The SMILES string of the molecule is O=C(O)/C=C/c1ccc(CN2CCCCC2c2nc3ccccc3[nH]2)cc1. The van der Waals surface area contributed by atoms with Crippen molar-refractivity contribution in [1.29, 1.82) is 0 Å². The van der Waals surface area contributed by atoms with Gasteiger partial charge in [-0.1, -0.05) is 42.8 Å². The van der Waals surface area contributed by atoms with Crippen molar-refractivity contribution in [3.8, 4) is 0 Å². The molecule has 3 aromatic rings. The highest BCUT2D eigenvalue weighted by atomic mass is 16.4. The number of fused-ring (bicyclic) bond motifs is 1. The van der Waals surface area contributed by atoms with E-state index >= 15 is 0 Å². The molecule has 2 heterocycles. The fourth-order valence-corrected chi connectivity index (χ4v) is 3.76. The third-order valence-corrected chi connectivity index (χ3v) is 5.12. The van der Waals surface area contributed by atoms with E-state index in [1.807, 2.05) is 30.3 Å². The maximum atomic E-state index is 10.6. The van der Waals surface area contributed by atoms with Crippen molar-refractivity contribution in [3.63, 3.8) is 0 Å². The van der Waals surface area contributed by atoms with Gasteiger partial charge in [-0.05, 0) is 48.7 Å². The second-order valence-electron chi connectivity index (χ2n) is 7.03. The number of likely N-dealkylation sites (tertiary alicyclic amines) is 1. The highest BCUT2D eigenvalue weighted by Gasteiger charge is 2.26. The van der Waals surface area contributed by atoms with Crippen LogP contribution in [0.25, 0.3) is 17.1 Å². The van der Waals surface area contributed by atoms with E-state index in [1.54, 1.807) is 6.08 Å². The van der Waals surface area contributed by atoms with Crippen LogP contribution in [0, 0.1) is 0 Å². The Bertz CT molecular complexity index is 926. The molecule has 0 spiro atoms. The molecule has 0 radical (unpaired) electrons. The molecular weight excluding hydrogens is 338 g/mol. The fourth-order valence-electron chi connectivity index (χ4n) is 3.76. The average Bonchev–Trinajstić information content (AvgIpc) is 3.12. The zero-order valence-electron chi connectivity index (χ0n) is 15.1. The van der Waals surface area contributed by atoms with Gasteiger partial charge in [-0.3, -0.25) is 4.90 Å². The Morgan fingerprint density at radius 2 is 2.00 bits per heavy atom. The summed E-state index contributed by atoms with van der Waals surface area (Å²) in [6.45, 7) is 1.92. The number of carboxylic acid groups (broad SMARTS) is 1. The monoisotopic (exact) mass is 361 g/mol. The van der Waals surface area contributed by atoms with Crippen molar-refractivity contribution in [1.82, 2.24) is 14.9 Å². The van der Waals surface area contributed by atoms with Crippen LogP contribution in [0.4, 0.5) is 0 Å². The van der Waals surface area contributed by atoms with E-state index in [9.17, 15) is 4.79 Å². The third kappa shape index (κ3) is 4.09. The topological polar surface area (TPSA) is 69.2 Å². The van der Waals surface area contributed by atoms with Crippen LogP contribution in [0.15, 0.2) is 54.6 Å². The van der Waals surface area contributed by atoms with Gasteiger partial charge >= 0.3 is 5.97 Å². The number of nitrogens with zero attached hydrogens (tertiary/aromatic N) is 2. The second kappa shape index (κ2) is 7.76. The third-order valence-electron chi connectivity index (χ3n) is 5.12. The van der Waals surface area contributed by atoms with E-state index in [0.717, 1.165) is 48.0 Å². The van der Waals surface area contributed by atoms with Crippen molar-refractivity contribution in [2.24, 2.45) is 0 Å². The lowest BCUT2D eigenvalue weighted by molar-refractivity contribution is -0.131. The van der Waals surface area contributed by atoms with Gasteiger partial charge in [-0.25, -0.2) is 9.78 Å². The Labute approximate surface area is 158 Å². The molecule has 0 saturated carbocycles. The van der Waals surface area contributed by atoms with Crippen LogP contribution < -0.4 is 0 Å². The average molecular weight is 361 g/mol. The Morgan fingerprint density at radius 3 is 2.78 bits per heavy atom. The number of H-pyrrole nitrogens is 1. The maximum Gasteiger partial charge on any atom is 0.328 e. The molecule has 5 nitrogen and oxygen atoms in total. The summed E-state index contributed by atoms with van der Waals surface area (Å²) in [6, 6.07) is 16.6. The molecule has 1 saturated heterocycles. The van der Waals surface area contributed by atoms with Crippen molar-refractivity contribution < 1.29 is 9.90 Å². The summed E-state index contributed by atoms with van der Waals surface area (Å²) in [7, 11) is 0. The number of hydrogen-bond acceptors (Lipinski definition) is 3. The Balaban J connectivity index is 1.51. The Hall–Kier alpha value is -2.92. The lowest BCUT2D eigenvalue weighted by atomic mass is 10.0. The zero-order valence-corrected chi connectivity index (χ0v) is 15.1. The highest BCUT2D eigenvalue weighted by Crippen LogP contribution is 2.31. The predicted molar refractivity (Wildman–Crippen MR) is 106 cm³/mol. The predicted octanol–water partition coefficient (Wildman–Crippen LogP) is 4.39. The van der Waals surface area contributed by atoms with Gasteiger partial charge in [-0.2, -0.15) is 0 Å². The number of imidazole rings is 1. The molecule has 138 valence electrons. The molecule has 0 aliphatic carbocycles. The number of aromatic nitrogens is 2. The number of rotatable bonds is 5. The first-order valence-electron chi connectivity index (χ1n) is 9.38. The molecule has 0 bridgehead atoms. The number of benzene rings is 2. The van der Waals surface area contributed by atoms with E-state index in [0.29, 0.717) is 6.04 Å². The Morgan fingerprint density at radius 1 is 1.19 bits per heavy atom.